The smallest absolute Gasteiger partial charge is 0.257 e. The molecule has 0 fully saturated rings. The Morgan fingerprint density at radius 1 is 1.23 bits per heavy atom. The van der Waals surface area contributed by atoms with Crippen LogP contribution in [-0.2, 0) is 5.75 Å². The van der Waals surface area contributed by atoms with Crippen LogP contribution >= 0.6 is 34.7 Å². The monoisotopic (exact) mass is 405 g/mol. The van der Waals surface area contributed by atoms with Gasteiger partial charge < -0.3 is 4.74 Å². The number of amides is 1. The van der Waals surface area contributed by atoms with Crippen molar-refractivity contribution in [3.8, 4) is 5.75 Å². The van der Waals surface area contributed by atoms with Crippen molar-refractivity contribution < 1.29 is 9.53 Å². The van der Waals surface area contributed by atoms with E-state index in [1.165, 1.54) is 11.3 Å². The number of aromatic nitrogens is 2. The Balaban J connectivity index is 1.58. The SMILES string of the molecule is CCOc1cccc(C(=O)Nc2nnc(SCc3ccc(Cl)cc3)s2)c1. The van der Waals surface area contributed by atoms with Gasteiger partial charge in [0.25, 0.3) is 5.91 Å². The fourth-order valence-electron chi connectivity index (χ4n) is 2.11. The number of nitrogens with one attached hydrogen (secondary N) is 1. The lowest BCUT2D eigenvalue weighted by Gasteiger charge is -2.05. The van der Waals surface area contributed by atoms with E-state index in [1.54, 1.807) is 30.0 Å². The maximum absolute atomic E-state index is 12.3. The molecule has 0 unspecified atom stereocenters. The molecule has 3 aromatic rings. The minimum absolute atomic E-state index is 0.239. The Morgan fingerprint density at radius 3 is 2.81 bits per heavy atom. The number of hydrogen-bond acceptors (Lipinski definition) is 6. The molecule has 0 saturated heterocycles. The van der Waals surface area contributed by atoms with Crippen LogP contribution in [0.4, 0.5) is 5.13 Å². The quantitative estimate of drug-likeness (QED) is 0.435. The number of anilines is 1. The van der Waals surface area contributed by atoms with Crippen LogP contribution in [0, 0.1) is 0 Å². The third-order valence-electron chi connectivity index (χ3n) is 3.31. The molecule has 0 radical (unpaired) electrons. The minimum atomic E-state index is -0.239. The average molecular weight is 406 g/mol. The molecule has 1 heterocycles. The summed E-state index contributed by atoms with van der Waals surface area (Å²) in [4.78, 5) is 12.3. The maximum atomic E-state index is 12.3. The summed E-state index contributed by atoms with van der Waals surface area (Å²) in [7, 11) is 0. The van der Waals surface area contributed by atoms with Crippen molar-refractivity contribution in [2.75, 3.05) is 11.9 Å². The lowest BCUT2D eigenvalue weighted by atomic mass is 10.2. The number of hydrogen-bond donors (Lipinski definition) is 1. The van der Waals surface area contributed by atoms with Crippen molar-refractivity contribution in [1.29, 1.82) is 0 Å². The van der Waals surface area contributed by atoms with Crippen molar-refractivity contribution in [2.45, 2.75) is 17.0 Å². The highest BCUT2D eigenvalue weighted by Gasteiger charge is 2.11. The summed E-state index contributed by atoms with van der Waals surface area (Å²) in [6, 6.07) is 14.7. The van der Waals surface area contributed by atoms with Crippen LogP contribution in [0.5, 0.6) is 5.75 Å². The van der Waals surface area contributed by atoms with Gasteiger partial charge in [0.2, 0.25) is 5.13 Å². The second-order valence-electron chi connectivity index (χ2n) is 5.20. The predicted octanol–water partition coefficient (Wildman–Crippen LogP) is 5.13. The first-order valence-electron chi connectivity index (χ1n) is 7.89. The van der Waals surface area contributed by atoms with Gasteiger partial charge in [-0.1, -0.05) is 52.9 Å². The normalized spacial score (nSPS) is 10.5. The van der Waals surface area contributed by atoms with E-state index in [9.17, 15) is 4.79 Å². The van der Waals surface area contributed by atoms with Gasteiger partial charge in [0.1, 0.15) is 5.75 Å². The van der Waals surface area contributed by atoms with Crippen LogP contribution in [0.3, 0.4) is 0 Å². The molecule has 134 valence electrons. The molecule has 0 bridgehead atoms. The van der Waals surface area contributed by atoms with Crippen LogP contribution in [0.15, 0.2) is 52.9 Å². The van der Waals surface area contributed by atoms with Gasteiger partial charge in [-0.25, -0.2) is 0 Å². The second-order valence-corrected chi connectivity index (χ2v) is 7.84. The van der Waals surface area contributed by atoms with E-state index in [0.717, 1.165) is 15.7 Å². The summed E-state index contributed by atoms with van der Waals surface area (Å²) in [5.41, 5.74) is 1.66. The standard InChI is InChI=1S/C18H16ClN3O2S2/c1-2-24-15-5-3-4-13(10-15)16(23)20-17-21-22-18(26-17)25-11-12-6-8-14(19)9-7-12/h3-10H,2,11H2,1H3,(H,20,21,23). The van der Waals surface area contributed by atoms with Gasteiger partial charge in [0.15, 0.2) is 4.34 Å². The molecule has 26 heavy (non-hydrogen) atoms. The van der Waals surface area contributed by atoms with Crippen molar-refractivity contribution in [1.82, 2.24) is 10.2 Å². The first kappa shape index (κ1) is 18.7. The number of ether oxygens (including phenoxy) is 1. The van der Waals surface area contributed by atoms with E-state index in [1.807, 2.05) is 37.3 Å². The molecule has 0 aliphatic heterocycles. The molecular formula is C18H16ClN3O2S2. The van der Waals surface area contributed by atoms with Gasteiger partial charge in [-0.3, -0.25) is 10.1 Å². The lowest BCUT2D eigenvalue weighted by Crippen LogP contribution is -2.11. The number of nitrogens with zero attached hydrogens (tertiary/aromatic N) is 2. The largest absolute Gasteiger partial charge is 0.494 e. The molecule has 0 spiro atoms. The summed E-state index contributed by atoms with van der Waals surface area (Å²) in [6.07, 6.45) is 0. The van der Waals surface area contributed by atoms with E-state index >= 15 is 0 Å². The van der Waals surface area contributed by atoms with Crippen molar-refractivity contribution >= 4 is 45.7 Å². The summed E-state index contributed by atoms with van der Waals surface area (Å²) in [6.45, 7) is 2.45. The predicted molar refractivity (Wildman–Crippen MR) is 106 cm³/mol. The highest BCUT2D eigenvalue weighted by molar-refractivity contribution is 8.00. The van der Waals surface area contributed by atoms with Crippen LogP contribution < -0.4 is 10.1 Å². The fourth-order valence-corrected chi connectivity index (χ4v) is 3.94. The van der Waals surface area contributed by atoms with Crippen LogP contribution in [0.25, 0.3) is 0 Å². The summed E-state index contributed by atoms with van der Waals surface area (Å²) in [5.74, 6) is 1.18. The van der Waals surface area contributed by atoms with Gasteiger partial charge in [0, 0.05) is 16.3 Å². The maximum Gasteiger partial charge on any atom is 0.257 e. The zero-order valence-corrected chi connectivity index (χ0v) is 16.3. The molecule has 0 aliphatic carbocycles. The molecule has 8 heteroatoms. The Kier molecular flexibility index (Phi) is 6.49. The fraction of sp³-hybridized carbons (Fsp3) is 0.167. The molecule has 2 aromatic carbocycles. The topological polar surface area (TPSA) is 64.1 Å². The number of benzene rings is 2. The van der Waals surface area contributed by atoms with Crippen LogP contribution in [0.2, 0.25) is 5.02 Å². The van der Waals surface area contributed by atoms with Gasteiger partial charge in [-0.2, -0.15) is 0 Å². The second kappa shape index (κ2) is 9.02. The van der Waals surface area contributed by atoms with Crippen molar-refractivity contribution in [3.05, 3.63) is 64.7 Å². The third-order valence-corrected chi connectivity index (χ3v) is 5.60. The Hall–Kier alpha value is -2.09. The van der Waals surface area contributed by atoms with Crippen LogP contribution in [0.1, 0.15) is 22.8 Å². The number of carbonyl (C=O) groups excluding carboxylic acids is 1. The molecule has 1 aromatic heterocycles. The molecule has 0 saturated carbocycles. The molecular weight excluding hydrogens is 390 g/mol. The van der Waals surface area contributed by atoms with E-state index in [0.29, 0.717) is 28.1 Å². The Bertz CT molecular complexity index is 884. The van der Waals surface area contributed by atoms with Crippen LogP contribution in [-0.4, -0.2) is 22.7 Å². The molecule has 0 aliphatic rings. The molecule has 3 rings (SSSR count). The number of carbonyl (C=O) groups is 1. The highest BCUT2D eigenvalue weighted by atomic mass is 35.5. The van der Waals surface area contributed by atoms with Gasteiger partial charge in [-0.15, -0.1) is 10.2 Å². The van der Waals surface area contributed by atoms with E-state index in [4.69, 9.17) is 16.3 Å². The van der Waals surface area contributed by atoms with E-state index in [2.05, 4.69) is 15.5 Å². The van der Waals surface area contributed by atoms with Crippen molar-refractivity contribution in [3.63, 3.8) is 0 Å². The molecule has 1 amide bonds. The molecule has 5 nitrogen and oxygen atoms in total. The minimum Gasteiger partial charge on any atom is -0.494 e. The zero-order valence-electron chi connectivity index (χ0n) is 13.9. The lowest BCUT2D eigenvalue weighted by molar-refractivity contribution is 0.102. The first-order chi connectivity index (χ1) is 12.6. The summed E-state index contributed by atoms with van der Waals surface area (Å²) < 4.78 is 6.21. The van der Waals surface area contributed by atoms with E-state index in [-0.39, 0.29) is 5.91 Å². The Morgan fingerprint density at radius 2 is 2.04 bits per heavy atom. The van der Waals surface area contributed by atoms with E-state index < -0.39 is 0 Å². The van der Waals surface area contributed by atoms with Crippen molar-refractivity contribution in [2.24, 2.45) is 0 Å². The highest BCUT2D eigenvalue weighted by Crippen LogP contribution is 2.29. The molecule has 1 N–H and O–H groups in total. The van der Waals surface area contributed by atoms with Gasteiger partial charge >= 0.3 is 0 Å². The number of rotatable bonds is 7. The average Bonchev–Trinajstić information content (AvgIpc) is 3.09. The Labute approximate surface area is 164 Å². The first-order valence-corrected chi connectivity index (χ1v) is 10.1. The summed E-state index contributed by atoms with van der Waals surface area (Å²) >= 11 is 8.79. The number of thioether (sulfide) groups is 1. The third kappa shape index (κ3) is 5.20. The zero-order chi connectivity index (χ0) is 18.4. The molecule has 0 atom stereocenters. The van der Waals surface area contributed by atoms with Gasteiger partial charge in [-0.05, 0) is 42.8 Å². The summed E-state index contributed by atoms with van der Waals surface area (Å²) in [5, 5.41) is 12.1. The van der Waals surface area contributed by atoms with Gasteiger partial charge in [0.05, 0.1) is 6.61 Å². The number of halogens is 1.